The molecule has 10 heavy (non-hydrogen) atoms. The van der Waals surface area contributed by atoms with E-state index in [1.165, 1.54) is 6.20 Å². The van der Waals surface area contributed by atoms with Crippen LogP contribution >= 0.6 is 0 Å². The van der Waals surface area contributed by atoms with Gasteiger partial charge in [-0.3, -0.25) is 10.4 Å². The van der Waals surface area contributed by atoms with Crippen molar-refractivity contribution in [3.63, 3.8) is 0 Å². The third kappa shape index (κ3) is 3.68. The zero-order chi connectivity index (χ0) is 7.98. The molecule has 0 unspecified atom stereocenters. The van der Waals surface area contributed by atoms with E-state index in [0.717, 1.165) is 5.01 Å². The molecule has 0 aromatic carbocycles. The smallest absolute Gasteiger partial charge is 0.207 e. The maximum atomic E-state index is 6.84. The Morgan fingerprint density at radius 3 is 2.50 bits per heavy atom. The number of hydrazine groups is 1. The van der Waals surface area contributed by atoms with Gasteiger partial charge in [0.15, 0.2) is 0 Å². The van der Waals surface area contributed by atoms with E-state index < -0.39 is 0 Å². The van der Waals surface area contributed by atoms with Gasteiger partial charge in [0.2, 0.25) is 5.96 Å². The molecular weight excluding hydrogens is 128 g/mol. The lowest BCUT2D eigenvalue weighted by Crippen LogP contribution is -2.37. The lowest BCUT2D eigenvalue weighted by molar-refractivity contribution is 0.584. The van der Waals surface area contributed by atoms with Gasteiger partial charge >= 0.3 is 0 Å². The second-order valence-electron chi connectivity index (χ2n) is 1.66. The van der Waals surface area contributed by atoms with Crippen LogP contribution in [-0.4, -0.2) is 11.0 Å². The van der Waals surface area contributed by atoms with E-state index in [2.05, 4.69) is 0 Å². The zero-order valence-corrected chi connectivity index (χ0v) is 5.91. The fraction of sp³-hybridized carbons (Fsp3) is 0.167. The maximum absolute atomic E-state index is 6.84. The molecule has 0 radical (unpaired) electrons. The summed E-state index contributed by atoms with van der Waals surface area (Å²) in [5.74, 6) is 5.04. The molecule has 0 aliphatic carbocycles. The third-order valence-electron chi connectivity index (χ3n) is 0.828. The Bertz CT molecular complexity index is 159. The van der Waals surface area contributed by atoms with Crippen LogP contribution in [-0.2, 0) is 0 Å². The molecule has 0 amide bonds. The van der Waals surface area contributed by atoms with E-state index in [0.29, 0.717) is 0 Å². The number of guanidine groups is 1. The minimum absolute atomic E-state index is 0.180. The normalized spacial score (nSPS) is 11.0. The van der Waals surface area contributed by atoms with Crippen molar-refractivity contribution in [2.75, 3.05) is 0 Å². The van der Waals surface area contributed by atoms with Crippen LogP contribution in [0.3, 0.4) is 0 Å². The predicted molar refractivity (Wildman–Crippen MR) is 41.9 cm³/mol. The molecule has 56 valence electrons. The standard InChI is InChI=1S/C6H12N4/c1-2-3-4-5-10(9)6(7)8/h2-5H,9H2,1H3,(H3,7,8)/b3-2-,5-4-. The highest BCUT2D eigenvalue weighted by Crippen LogP contribution is 1.79. The van der Waals surface area contributed by atoms with Crippen molar-refractivity contribution in [3.05, 3.63) is 24.4 Å². The van der Waals surface area contributed by atoms with Crippen molar-refractivity contribution in [1.29, 1.82) is 5.41 Å². The Morgan fingerprint density at radius 1 is 1.50 bits per heavy atom. The molecule has 0 rings (SSSR count). The van der Waals surface area contributed by atoms with Gasteiger partial charge in [-0.1, -0.05) is 12.2 Å². The number of nitrogens with two attached hydrogens (primary N) is 2. The highest BCUT2D eigenvalue weighted by atomic mass is 15.4. The fourth-order valence-corrected chi connectivity index (χ4v) is 0.334. The summed E-state index contributed by atoms with van der Waals surface area (Å²) in [6.07, 6.45) is 6.84. The van der Waals surface area contributed by atoms with Gasteiger partial charge in [0, 0.05) is 6.20 Å². The Labute approximate surface area is 60.3 Å². The van der Waals surface area contributed by atoms with E-state index in [1.54, 1.807) is 12.2 Å². The van der Waals surface area contributed by atoms with E-state index in [9.17, 15) is 0 Å². The number of rotatable bonds is 2. The highest BCUT2D eigenvalue weighted by molar-refractivity contribution is 5.74. The van der Waals surface area contributed by atoms with Crippen molar-refractivity contribution in [1.82, 2.24) is 5.01 Å². The number of nitrogens with zero attached hydrogens (tertiary/aromatic N) is 1. The summed E-state index contributed by atoms with van der Waals surface area (Å²) in [5.41, 5.74) is 5.03. The van der Waals surface area contributed by atoms with E-state index in [1.807, 2.05) is 13.0 Å². The van der Waals surface area contributed by atoms with Crippen molar-refractivity contribution in [3.8, 4) is 0 Å². The van der Waals surface area contributed by atoms with Crippen LogP contribution in [0.5, 0.6) is 0 Å². The summed E-state index contributed by atoms with van der Waals surface area (Å²) >= 11 is 0. The number of hydrogen-bond acceptors (Lipinski definition) is 2. The van der Waals surface area contributed by atoms with E-state index >= 15 is 0 Å². The first-order valence-electron chi connectivity index (χ1n) is 2.86. The number of nitrogens with one attached hydrogen (secondary N) is 1. The molecular formula is C6H12N4. The Kier molecular flexibility index (Phi) is 3.99. The first-order valence-corrected chi connectivity index (χ1v) is 2.86. The van der Waals surface area contributed by atoms with Gasteiger partial charge in [0.1, 0.15) is 0 Å². The largest absolute Gasteiger partial charge is 0.369 e. The highest BCUT2D eigenvalue weighted by Gasteiger charge is 1.89. The molecule has 0 aromatic rings. The van der Waals surface area contributed by atoms with Gasteiger partial charge in [-0.2, -0.15) is 0 Å². The second-order valence-corrected chi connectivity index (χ2v) is 1.66. The maximum Gasteiger partial charge on any atom is 0.207 e. The lowest BCUT2D eigenvalue weighted by atomic mass is 10.5. The Balaban J connectivity index is 3.77. The van der Waals surface area contributed by atoms with Crippen molar-refractivity contribution in [2.45, 2.75) is 6.92 Å². The van der Waals surface area contributed by atoms with Crippen LogP contribution in [0, 0.1) is 5.41 Å². The number of allylic oxidation sites excluding steroid dienone is 3. The minimum atomic E-state index is -0.180. The van der Waals surface area contributed by atoms with Crippen LogP contribution in [0.2, 0.25) is 0 Å². The molecule has 0 aliphatic rings. The van der Waals surface area contributed by atoms with Gasteiger partial charge in [-0.25, -0.2) is 5.84 Å². The monoisotopic (exact) mass is 140 g/mol. The average molecular weight is 140 g/mol. The summed E-state index contributed by atoms with van der Waals surface area (Å²) in [4.78, 5) is 0. The molecule has 5 N–H and O–H groups in total. The van der Waals surface area contributed by atoms with Crippen LogP contribution in [0.1, 0.15) is 6.92 Å². The fourth-order valence-electron chi connectivity index (χ4n) is 0.334. The molecule has 0 spiro atoms. The van der Waals surface area contributed by atoms with Crippen LogP contribution < -0.4 is 11.6 Å². The Hall–Kier alpha value is -1.29. The average Bonchev–Trinajstić information content (AvgIpc) is 1.88. The van der Waals surface area contributed by atoms with Crippen LogP contribution in [0.4, 0.5) is 0 Å². The molecule has 0 atom stereocenters. The first-order chi connectivity index (χ1) is 4.68. The topological polar surface area (TPSA) is 79.1 Å². The van der Waals surface area contributed by atoms with Gasteiger partial charge in [-0.05, 0) is 13.0 Å². The minimum Gasteiger partial charge on any atom is -0.369 e. The summed E-state index contributed by atoms with van der Waals surface area (Å²) < 4.78 is 0. The quantitative estimate of drug-likeness (QED) is 0.168. The van der Waals surface area contributed by atoms with Crippen molar-refractivity contribution >= 4 is 5.96 Å². The van der Waals surface area contributed by atoms with Gasteiger partial charge < -0.3 is 5.73 Å². The second kappa shape index (κ2) is 4.58. The van der Waals surface area contributed by atoms with E-state index in [-0.39, 0.29) is 5.96 Å². The first kappa shape index (κ1) is 8.71. The zero-order valence-electron chi connectivity index (χ0n) is 5.91. The third-order valence-corrected chi connectivity index (χ3v) is 0.828. The van der Waals surface area contributed by atoms with Crippen LogP contribution in [0.15, 0.2) is 24.4 Å². The van der Waals surface area contributed by atoms with Crippen LogP contribution in [0.25, 0.3) is 0 Å². The summed E-state index contributed by atoms with van der Waals surface area (Å²) in [6, 6.07) is 0. The molecule has 0 saturated carbocycles. The molecule has 0 aromatic heterocycles. The number of hydrogen-bond donors (Lipinski definition) is 3. The van der Waals surface area contributed by atoms with Gasteiger partial charge in [0.25, 0.3) is 0 Å². The molecule has 4 nitrogen and oxygen atoms in total. The summed E-state index contributed by atoms with van der Waals surface area (Å²) in [5, 5.41) is 7.87. The molecule has 0 heterocycles. The van der Waals surface area contributed by atoms with Gasteiger partial charge in [0.05, 0.1) is 0 Å². The Morgan fingerprint density at radius 2 is 2.10 bits per heavy atom. The summed E-state index contributed by atoms with van der Waals surface area (Å²) in [7, 11) is 0. The van der Waals surface area contributed by atoms with E-state index in [4.69, 9.17) is 17.0 Å². The lowest BCUT2D eigenvalue weighted by Gasteiger charge is -2.07. The van der Waals surface area contributed by atoms with Crippen molar-refractivity contribution in [2.24, 2.45) is 11.6 Å². The predicted octanol–water partition coefficient (Wildman–Crippen LogP) is 0.145. The van der Waals surface area contributed by atoms with Crippen molar-refractivity contribution < 1.29 is 0 Å². The molecule has 4 heteroatoms. The molecule has 0 bridgehead atoms. The molecule has 0 fully saturated rings. The summed E-state index contributed by atoms with van der Waals surface area (Å²) in [6.45, 7) is 1.89. The van der Waals surface area contributed by atoms with Gasteiger partial charge in [-0.15, -0.1) is 0 Å². The SMILES string of the molecule is C/C=C\C=C/N(N)C(=N)N. The molecule has 0 aliphatic heterocycles. The molecule has 0 saturated heterocycles.